The van der Waals surface area contributed by atoms with E-state index in [1.54, 1.807) is 38.4 Å². The van der Waals surface area contributed by atoms with Gasteiger partial charge in [0.15, 0.2) is 0 Å². The van der Waals surface area contributed by atoms with Crippen molar-refractivity contribution in [2.24, 2.45) is 0 Å². The van der Waals surface area contributed by atoms with Gasteiger partial charge in [0, 0.05) is 37.8 Å². The first-order valence-corrected chi connectivity index (χ1v) is 6.84. The number of benzene rings is 1. The number of carbonyl (C=O) groups is 1. The molecule has 1 amide bonds. The average Bonchev–Trinajstić information content (AvgIpc) is 2.37. The highest BCUT2D eigenvalue weighted by molar-refractivity contribution is 5.94. The number of rotatable bonds is 6. The highest BCUT2D eigenvalue weighted by Gasteiger charge is 2.26. The van der Waals surface area contributed by atoms with Gasteiger partial charge in [-0.05, 0) is 44.0 Å². The van der Waals surface area contributed by atoms with Gasteiger partial charge in [-0.15, -0.1) is 0 Å². The molecule has 1 rings (SSSR count). The molecule has 0 saturated carbocycles. The molecule has 1 atom stereocenters. The molecule has 0 spiro atoms. The van der Waals surface area contributed by atoms with Crippen molar-refractivity contribution in [3.8, 4) is 0 Å². The third-order valence-corrected chi connectivity index (χ3v) is 3.05. The molecule has 0 saturated heterocycles. The molecule has 0 aliphatic rings. The van der Waals surface area contributed by atoms with Crippen LogP contribution in [0.1, 0.15) is 36.5 Å². The van der Waals surface area contributed by atoms with Gasteiger partial charge < -0.3 is 10.2 Å². The van der Waals surface area contributed by atoms with E-state index < -0.39 is 12.6 Å². The van der Waals surface area contributed by atoms with E-state index >= 15 is 0 Å². The maximum atomic E-state index is 12.1. The number of hydrogen-bond acceptors (Lipinski definition) is 2. The van der Waals surface area contributed by atoms with E-state index in [4.69, 9.17) is 0 Å². The molecule has 0 aliphatic heterocycles. The van der Waals surface area contributed by atoms with E-state index in [-0.39, 0.29) is 18.4 Å². The molecule has 6 heteroatoms. The Morgan fingerprint density at radius 3 is 2.29 bits per heavy atom. The highest BCUT2D eigenvalue weighted by atomic mass is 19.4. The van der Waals surface area contributed by atoms with Crippen molar-refractivity contribution in [1.82, 2.24) is 4.90 Å². The maximum absolute atomic E-state index is 12.1. The van der Waals surface area contributed by atoms with Crippen LogP contribution in [0.5, 0.6) is 0 Å². The number of alkyl halides is 3. The van der Waals surface area contributed by atoms with Crippen LogP contribution in [0.2, 0.25) is 0 Å². The van der Waals surface area contributed by atoms with Gasteiger partial charge in [0.25, 0.3) is 5.91 Å². The number of nitrogens with zero attached hydrogens (tertiary/aromatic N) is 1. The molecule has 1 N–H and O–H groups in total. The summed E-state index contributed by atoms with van der Waals surface area (Å²) in [7, 11) is 3.36. The topological polar surface area (TPSA) is 32.3 Å². The molecule has 3 nitrogen and oxygen atoms in total. The molecule has 1 aromatic rings. The fourth-order valence-corrected chi connectivity index (χ4v) is 1.93. The quantitative estimate of drug-likeness (QED) is 0.863. The Labute approximate surface area is 123 Å². The fourth-order valence-electron chi connectivity index (χ4n) is 1.93. The Balaban J connectivity index is 2.46. The van der Waals surface area contributed by atoms with Crippen LogP contribution in [-0.4, -0.2) is 37.1 Å². The minimum Gasteiger partial charge on any atom is -0.383 e. The van der Waals surface area contributed by atoms with E-state index in [9.17, 15) is 18.0 Å². The molecule has 0 radical (unpaired) electrons. The standard InChI is InChI=1S/C15H21F3N2O/c1-11(5-4-10-15(16,17)18)19-13-8-6-12(7-9-13)14(21)20(2)3/h6-9,11,19H,4-5,10H2,1-3H3. The lowest BCUT2D eigenvalue weighted by atomic mass is 10.1. The molecular weight excluding hydrogens is 281 g/mol. The number of hydrogen-bond donors (Lipinski definition) is 1. The van der Waals surface area contributed by atoms with Crippen molar-refractivity contribution in [1.29, 1.82) is 0 Å². The van der Waals surface area contributed by atoms with Crippen LogP contribution in [-0.2, 0) is 0 Å². The molecule has 0 aliphatic carbocycles. The molecular formula is C15H21F3N2O. The maximum Gasteiger partial charge on any atom is 0.389 e. The molecule has 118 valence electrons. The van der Waals surface area contributed by atoms with Gasteiger partial charge >= 0.3 is 6.18 Å². The fraction of sp³-hybridized carbons (Fsp3) is 0.533. The molecule has 0 heterocycles. The van der Waals surface area contributed by atoms with Crippen molar-refractivity contribution in [2.45, 2.75) is 38.4 Å². The molecule has 1 unspecified atom stereocenters. The number of amides is 1. The Bertz CT molecular complexity index is 455. The van der Waals surface area contributed by atoms with Crippen molar-refractivity contribution in [3.05, 3.63) is 29.8 Å². The predicted molar refractivity (Wildman–Crippen MR) is 77.5 cm³/mol. The first-order valence-electron chi connectivity index (χ1n) is 6.84. The zero-order valence-corrected chi connectivity index (χ0v) is 12.5. The van der Waals surface area contributed by atoms with Gasteiger partial charge in [-0.2, -0.15) is 13.2 Å². The minimum absolute atomic E-state index is 0.0530. The van der Waals surface area contributed by atoms with Crippen LogP contribution in [0.3, 0.4) is 0 Å². The first-order chi connectivity index (χ1) is 9.69. The highest BCUT2D eigenvalue weighted by Crippen LogP contribution is 2.23. The summed E-state index contributed by atoms with van der Waals surface area (Å²) in [5.41, 5.74) is 1.38. The van der Waals surface area contributed by atoms with Crippen LogP contribution in [0, 0.1) is 0 Å². The van der Waals surface area contributed by atoms with E-state index in [1.807, 2.05) is 6.92 Å². The van der Waals surface area contributed by atoms with Gasteiger partial charge in [-0.1, -0.05) is 0 Å². The summed E-state index contributed by atoms with van der Waals surface area (Å²) in [6.45, 7) is 1.84. The number of carbonyl (C=O) groups excluding carboxylic acids is 1. The predicted octanol–water partition coefficient (Wildman–Crippen LogP) is 3.92. The van der Waals surface area contributed by atoms with Crippen LogP contribution in [0.4, 0.5) is 18.9 Å². The summed E-state index contributed by atoms with van der Waals surface area (Å²) < 4.78 is 36.2. The lowest BCUT2D eigenvalue weighted by Crippen LogP contribution is -2.21. The van der Waals surface area contributed by atoms with Crippen molar-refractivity contribution >= 4 is 11.6 Å². The zero-order chi connectivity index (χ0) is 16.0. The van der Waals surface area contributed by atoms with Crippen LogP contribution in [0.25, 0.3) is 0 Å². The molecule has 1 aromatic carbocycles. The largest absolute Gasteiger partial charge is 0.389 e. The second-order valence-corrected chi connectivity index (χ2v) is 5.33. The second-order valence-electron chi connectivity index (χ2n) is 5.33. The number of nitrogens with one attached hydrogen (secondary N) is 1. The average molecular weight is 302 g/mol. The summed E-state index contributed by atoms with van der Waals surface area (Å²) in [5.74, 6) is -0.0835. The Hall–Kier alpha value is -1.72. The van der Waals surface area contributed by atoms with Crippen LogP contribution >= 0.6 is 0 Å². The first kappa shape index (κ1) is 17.3. The van der Waals surface area contributed by atoms with Gasteiger partial charge in [0.2, 0.25) is 0 Å². The lowest BCUT2D eigenvalue weighted by molar-refractivity contribution is -0.135. The SMILES string of the molecule is CC(CCCC(F)(F)F)Nc1ccc(C(=O)N(C)C)cc1. The summed E-state index contributed by atoms with van der Waals surface area (Å²) in [6.07, 6.45) is -4.30. The summed E-state index contributed by atoms with van der Waals surface area (Å²) in [5, 5.41) is 3.13. The van der Waals surface area contributed by atoms with E-state index in [2.05, 4.69) is 5.32 Å². The third kappa shape index (κ3) is 6.51. The van der Waals surface area contributed by atoms with Gasteiger partial charge in [-0.3, -0.25) is 4.79 Å². The monoisotopic (exact) mass is 302 g/mol. The second kappa shape index (κ2) is 7.33. The van der Waals surface area contributed by atoms with E-state index in [0.717, 1.165) is 5.69 Å². The summed E-state index contributed by atoms with van der Waals surface area (Å²) >= 11 is 0. The Kier molecular flexibility index (Phi) is 6.05. The molecule has 0 aromatic heterocycles. The van der Waals surface area contributed by atoms with E-state index in [1.165, 1.54) is 4.90 Å². The molecule has 21 heavy (non-hydrogen) atoms. The van der Waals surface area contributed by atoms with Gasteiger partial charge in [0.05, 0.1) is 0 Å². The van der Waals surface area contributed by atoms with Crippen LogP contribution in [0.15, 0.2) is 24.3 Å². The van der Waals surface area contributed by atoms with Gasteiger partial charge in [0.1, 0.15) is 0 Å². The number of anilines is 1. The third-order valence-electron chi connectivity index (χ3n) is 3.05. The molecule has 0 bridgehead atoms. The zero-order valence-electron chi connectivity index (χ0n) is 12.5. The van der Waals surface area contributed by atoms with Crippen molar-refractivity contribution < 1.29 is 18.0 Å². The van der Waals surface area contributed by atoms with Crippen molar-refractivity contribution in [3.63, 3.8) is 0 Å². The lowest BCUT2D eigenvalue weighted by Gasteiger charge is -2.16. The smallest absolute Gasteiger partial charge is 0.383 e. The van der Waals surface area contributed by atoms with Crippen molar-refractivity contribution in [2.75, 3.05) is 19.4 Å². The van der Waals surface area contributed by atoms with E-state index in [0.29, 0.717) is 12.0 Å². The summed E-state index contributed by atoms with van der Waals surface area (Å²) in [6, 6.07) is 6.87. The Morgan fingerprint density at radius 1 is 1.24 bits per heavy atom. The van der Waals surface area contributed by atoms with Crippen LogP contribution < -0.4 is 5.32 Å². The Morgan fingerprint density at radius 2 is 1.81 bits per heavy atom. The summed E-state index contributed by atoms with van der Waals surface area (Å²) in [4.78, 5) is 13.2. The van der Waals surface area contributed by atoms with Gasteiger partial charge in [-0.25, -0.2) is 0 Å². The molecule has 0 fully saturated rings. The minimum atomic E-state index is -4.09. The number of halogens is 3. The normalized spacial score (nSPS) is 12.9.